The van der Waals surface area contributed by atoms with E-state index in [1.165, 1.54) is 11.1 Å². The van der Waals surface area contributed by atoms with E-state index in [2.05, 4.69) is 36.3 Å². The van der Waals surface area contributed by atoms with Gasteiger partial charge in [0.25, 0.3) is 0 Å². The van der Waals surface area contributed by atoms with Crippen LogP contribution in [0.4, 0.5) is 0 Å². The fourth-order valence-corrected chi connectivity index (χ4v) is 3.62. The lowest BCUT2D eigenvalue weighted by Crippen LogP contribution is -2.41. The summed E-state index contributed by atoms with van der Waals surface area (Å²) in [7, 11) is 0. The molecule has 0 saturated carbocycles. The number of aryl methyl sites for hydroxylation is 2. The van der Waals surface area contributed by atoms with Crippen molar-refractivity contribution in [2.45, 2.75) is 40.2 Å². The molecule has 1 aromatic carbocycles. The fraction of sp³-hybridized carbons (Fsp3) is 0.409. The van der Waals surface area contributed by atoms with Crippen LogP contribution in [-0.2, 0) is 16.1 Å². The average molecular weight is 380 g/mol. The number of nitrogens with two attached hydrogens (primary N) is 1. The Labute approximate surface area is 166 Å². The molecule has 1 aromatic heterocycles. The monoisotopic (exact) mass is 380 g/mol. The first-order chi connectivity index (χ1) is 13.3. The number of aromatic nitrogens is 2. The number of nitrogens with zero attached hydrogens (tertiary/aromatic N) is 3. The average Bonchev–Trinajstić information content (AvgIpc) is 2.94. The molecule has 0 atom stereocenters. The Morgan fingerprint density at radius 2 is 1.79 bits per heavy atom. The second-order valence-electron chi connectivity index (χ2n) is 7.56. The van der Waals surface area contributed by atoms with E-state index in [0.29, 0.717) is 32.5 Å². The van der Waals surface area contributed by atoms with E-state index in [0.717, 1.165) is 17.0 Å². The lowest BCUT2D eigenvalue weighted by atomic mass is 9.96. The predicted octanol–water partition coefficient (Wildman–Crippen LogP) is 2.59. The Kier molecular flexibility index (Phi) is 5.97. The molecule has 2 aromatic rings. The van der Waals surface area contributed by atoms with Gasteiger partial charge in [-0.05, 0) is 45.3 Å². The standard InChI is InChI=1S/C22H28N4O2/c1-15-4-6-18(7-5-15)14-26-17(3)20(16(2)24-26)8-9-21(27)25-12-10-19(11-13-25)22(23)28/h4-9,19H,10-14H2,1-3H3,(H2,23,28). The Morgan fingerprint density at radius 1 is 1.14 bits per heavy atom. The van der Waals surface area contributed by atoms with Crippen LogP contribution in [0.25, 0.3) is 6.08 Å². The predicted molar refractivity (Wildman–Crippen MR) is 110 cm³/mol. The van der Waals surface area contributed by atoms with Crippen LogP contribution in [0.3, 0.4) is 0 Å². The number of primary amides is 1. The van der Waals surface area contributed by atoms with E-state index in [1.54, 1.807) is 11.0 Å². The van der Waals surface area contributed by atoms with Crippen LogP contribution in [0.5, 0.6) is 0 Å². The first-order valence-electron chi connectivity index (χ1n) is 9.71. The van der Waals surface area contributed by atoms with Gasteiger partial charge in [-0.3, -0.25) is 14.3 Å². The van der Waals surface area contributed by atoms with Crippen molar-refractivity contribution in [2.75, 3.05) is 13.1 Å². The van der Waals surface area contributed by atoms with Gasteiger partial charge in [0.15, 0.2) is 0 Å². The number of rotatable bonds is 5. The second kappa shape index (κ2) is 8.42. The highest BCUT2D eigenvalue weighted by atomic mass is 16.2. The SMILES string of the molecule is Cc1ccc(Cn2nc(C)c(C=CC(=O)N3CCC(C(N)=O)CC3)c2C)cc1. The minimum absolute atomic E-state index is 0.0343. The van der Waals surface area contributed by atoms with E-state index in [4.69, 9.17) is 5.73 Å². The number of carbonyl (C=O) groups is 2. The molecule has 0 spiro atoms. The van der Waals surface area contributed by atoms with Gasteiger partial charge in [0, 0.05) is 36.3 Å². The Bertz CT molecular complexity index is 888. The van der Waals surface area contributed by atoms with Gasteiger partial charge < -0.3 is 10.6 Å². The second-order valence-corrected chi connectivity index (χ2v) is 7.56. The third-order valence-electron chi connectivity index (χ3n) is 5.49. The minimum atomic E-state index is -0.269. The topological polar surface area (TPSA) is 81.2 Å². The largest absolute Gasteiger partial charge is 0.369 e. The molecule has 2 heterocycles. The number of likely N-dealkylation sites (tertiary alicyclic amines) is 1. The third-order valence-corrected chi connectivity index (χ3v) is 5.49. The zero-order valence-corrected chi connectivity index (χ0v) is 16.8. The van der Waals surface area contributed by atoms with Crippen LogP contribution in [0, 0.1) is 26.7 Å². The van der Waals surface area contributed by atoms with Gasteiger partial charge in [-0.2, -0.15) is 5.10 Å². The maximum Gasteiger partial charge on any atom is 0.246 e. The van der Waals surface area contributed by atoms with Crippen molar-refractivity contribution in [2.24, 2.45) is 11.7 Å². The lowest BCUT2D eigenvalue weighted by Gasteiger charge is -2.29. The molecule has 148 valence electrons. The molecular formula is C22H28N4O2. The van der Waals surface area contributed by atoms with Crippen LogP contribution < -0.4 is 5.73 Å². The van der Waals surface area contributed by atoms with E-state index in [1.807, 2.05) is 24.6 Å². The molecule has 6 nitrogen and oxygen atoms in total. The van der Waals surface area contributed by atoms with Crippen LogP contribution in [0.1, 0.15) is 40.9 Å². The van der Waals surface area contributed by atoms with E-state index in [-0.39, 0.29) is 17.7 Å². The molecule has 1 saturated heterocycles. The number of benzene rings is 1. The third kappa shape index (κ3) is 4.50. The fourth-order valence-electron chi connectivity index (χ4n) is 3.62. The molecular weight excluding hydrogens is 352 g/mol. The van der Waals surface area contributed by atoms with Gasteiger partial charge in [-0.1, -0.05) is 29.8 Å². The van der Waals surface area contributed by atoms with E-state index < -0.39 is 0 Å². The van der Waals surface area contributed by atoms with Crippen molar-refractivity contribution in [1.29, 1.82) is 0 Å². The van der Waals surface area contributed by atoms with E-state index in [9.17, 15) is 9.59 Å². The maximum atomic E-state index is 12.5. The van der Waals surface area contributed by atoms with Crippen LogP contribution in [0.2, 0.25) is 0 Å². The van der Waals surface area contributed by atoms with Crippen molar-refractivity contribution >= 4 is 17.9 Å². The van der Waals surface area contributed by atoms with Crippen molar-refractivity contribution in [3.8, 4) is 0 Å². The molecule has 0 aliphatic carbocycles. The summed E-state index contributed by atoms with van der Waals surface area (Å²) in [5, 5.41) is 4.64. The van der Waals surface area contributed by atoms with Crippen molar-refractivity contribution in [1.82, 2.24) is 14.7 Å². The summed E-state index contributed by atoms with van der Waals surface area (Å²) in [6.07, 6.45) is 4.74. The van der Waals surface area contributed by atoms with Gasteiger partial charge in [-0.15, -0.1) is 0 Å². The highest BCUT2D eigenvalue weighted by Crippen LogP contribution is 2.19. The Balaban J connectivity index is 1.67. The minimum Gasteiger partial charge on any atom is -0.369 e. The van der Waals surface area contributed by atoms with Crippen LogP contribution >= 0.6 is 0 Å². The summed E-state index contributed by atoms with van der Waals surface area (Å²) in [4.78, 5) is 25.5. The first kappa shape index (κ1) is 19.9. The number of piperidine rings is 1. The molecule has 2 N–H and O–H groups in total. The zero-order valence-electron chi connectivity index (χ0n) is 16.8. The molecule has 1 aliphatic rings. The lowest BCUT2D eigenvalue weighted by molar-refractivity contribution is -0.130. The molecule has 1 aliphatic heterocycles. The summed E-state index contributed by atoms with van der Waals surface area (Å²) in [5.74, 6) is -0.416. The van der Waals surface area contributed by atoms with Gasteiger partial charge in [0.1, 0.15) is 0 Å². The molecule has 1 fully saturated rings. The highest BCUT2D eigenvalue weighted by Gasteiger charge is 2.24. The van der Waals surface area contributed by atoms with Gasteiger partial charge in [-0.25, -0.2) is 0 Å². The molecule has 0 radical (unpaired) electrons. The van der Waals surface area contributed by atoms with Gasteiger partial charge >= 0.3 is 0 Å². The number of hydrogen-bond donors (Lipinski definition) is 1. The van der Waals surface area contributed by atoms with Crippen molar-refractivity contribution in [3.63, 3.8) is 0 Å². The Hall–Kier alpha value is -2.89. The molecule has 6 heteroatoms. The summed E-state index contributed by atoms with van der Waals surface area (Å²) in [6.45, 7) is 7.90. The summed E-state index contributed by atoms with van der Waals surface area (Å²) < 4.78 is 1.97. The van der Waals surface area contributed by atoms with E-state index >= 15 is 0 Å². The maximum absolute atomic E-state index is 12.5. The Morgan fingerprint density at radius 3 is 2.39 bits per heavy atom. The molecule has 0 bridgehead atoms. The number of hydrogen-bond acceptors (Lipinski definition) is 3. The van der Waals surface area contributed by atoms with Crippen LogP contribution in [0.15, 0.2) is 30.3 Å². The molecule has 28 heavy (non-hydrogen) atoms. The number of carbonyl (C=O) groups excluding carboxylic acids is 2. The summed E-state index contributed by atoms with van der Waals surface area (Å²) >= 11 is 0. The normalized spacial score (nSPS) is 15.3. The smallest absolute Gasteiger partial charge is 0.246 e. The van der Waals surface area contributed by atoms with Gasteiger partial charge in [0.05, 0.1) is 12.2 Å². The number of amides is 2. The van der Waals surface area contributed by atoms with Crippen LogP contribution in [-0.4, -0.2) is 39.6 Å². The first-order valence-corrected chi connectivity index (χ1v) is 9.71. The quantitative estimate of drug-likeness (QED) is 0.810. The molecule has 3 rings (SSSR count). The molecule has 0 unspecified atom stereocenters. The summed E-state index contributed by atoms with van der Waals surface area (Å²) in [6, 6.07) is 8.42. The van der Waals surface area contributed by atoms with Gasteiger partial charge in [0.2, 0.25) is 11.8 Å². The van der Waals surface area contributed by atoms with Crippen molar-refractivity contribution < 1.29 is 9.59 Å². The summed E-state index contributed by atoms with van der Waals surface area (Å²) in [5.41, 5.74) is 10.7. The zero-order chi connectivity index (χ0) is 20.3. The van der Waals surface area contributed by atoms with Crippen molar-refractivity contribution in [3.05, 3.63) is 58.4 Å². The highest BCUT2D eigenvalue weighted by molar-refractivity contribution is 5.92. The molecule has 2 amide bonds.